The second-order valence-electron chi connectivity index (χ2n) is 7.54. The minimum Gasteiger partial charge on any atom is -0.368 e. The summed E-state index contributed by atoms with van der Waals surface area (Å²) in [4.78, 5) is 32.3. The van der Waals surface area contributed by atoms with E-state index >= 15 is 0 Å². The Kier molecular flexibility index (Phi) is 8.06. The van der Waals surface area contributed by atoms with Crippen LogP contribution in [-0.4, -0.2) is 47.2 Å². The van der Waals surface area contributed by atoms with Crippen LogP contribution >= 0.6 is 35.6 Å². The maximum Gasteiger partial charge on any atom is 0.328 e. The summed E-state index contributed by atoms with van der Waals surface area (Å²) in [5.41, 5.74) is 1.01. The van der Waals surface area contributed by atoms with E-state index in [1.165, 1.54) is 4.57 Å². The molecule has 1 aliphatic heterocycles. The van der Waals surface area contributed by atoms with Crippen molar-refractivity contribution >= 4 is 52.2 Å². The number of fused-ring (bicyclic) bond motifs is 1. The van der Waals surface area contributed by atoms with Crippen molar-refractivity contribution in [2.45, 2.75) is 19.4 Å². The molecular weight excluding hydrogens is 459 g/mol. The third kappa shape index (κ3) is 5.26. The van der Waals surface area contributed by atoms with E-state index in [4.69, 9.17) is 23.2 Å². The Morgan fingerprint density at radius 3 is 2.35 bits per heavy atom. The fourth-order valence-electron chi connectivity index (χ4n) is 3.96. The van der Waals surface area contributed by atoms with Crippen LogP contribution in [0, 0.1) is 0 Å². The lowest BCUT2D eigenvalue weighted by molar-refractivity contribution is 0.251. The molecule has 0 bridgehead atoms. The molecule has 0 atom stereocenters. The molecule has 2 heterocycles. The second-order valence-corrected chi connectivity index (χ2v) is 8.33. The van der Waals surface area contributed by atoms with Crippen LogP contribution in [0.4, 0.5) is 5.69 Å². The Hall–Kier alpha value is -1.99. The molecule has 1 fully saturated rings. The van der Waals surface area contributed by atoms with Gasteiger partial charge < -0.3 is 9.88 Å². The molecule has 1 N–H and O–H groups in total. The van der Waals surface area contributed by atoms with Gasteiger partial charge in [0.15, 0.2) is 0 Å². The first-order valence-electron chi connectivity index (χ1n) is 10.2. The second kappa shape index (κ2) is 10.6. The predicted octanol–water partition coefficient (Wildman–Crippen LogP) is 4.02. The number of halogens is 3. The molecule has 0 aliphatic carbocycles. The molecule has 9 heteroatoms. The van der Waals surface area contributed by atoms with E-state index in [-0.39, 0.29) is 23.7 Å². The van der Waals surface area contributed by atoms with Crippen molar-refractivity contribution < 1.29 is 0 Å². The fraction of sp³-hybridized carbons (Fsp3) is 0.364. The number of piperazine rings is 1. The maximum absolute atomic E-state index is 12.6. The van der Waals surface area contributed by atoms with Crippen LogP contribution < -0.4 is 16.1 Å². The van der Waals surface area contributed by atoms with Gasteiger partial charge in [0.05, 0.1) is 26.6 Å². The van der Waals surface area contributed by atoms with Crippen LogP contribution in [0.5, 0.6) is 0 Å². The molecule has 0 saturated carbocycles. The first-order valence-corrected chi connectivity index (χ1v) is 10.9. The lowest BCUT2D eigenvalue weighted by Crippen LogP contribution is -2.46. The van der Waals surface area contributed by atoms with Gasteiger partial charge in [-0.2, -0.15) is 0 Å². The summed E-state index contributed by atoms with van der Waals surface area (Å²) in [7, 11) is 0. The van der Waals surface area contributed by atoms with Crippen LogP contribution in [0.1, 0.15) is 12.8 Å². The van der Waals surface area contributed by atoms with Crippen LogP contribution in [0.3, 0.4) is 0 Å². The predicted molar refractivity (Wildman–Crippen MR) is 130 cm³/mol. The zero-order valence-corrected chi connectivity index (χ0v) is 19.3. The number of hydrogen-bond acceptors (Lipinski definition) is 4. The van der Waals surface area contributed by atoms with E-state index in [9.17, 15) is 9.59 Å². The monoisotopic (exact) mass is 482 g/mol. The third-order valence-corrected chi connectivity index (χ3v) is 6.45. The third-order valence-electron chi connectivity index (χ3n) is 5.64. The molecule has 1 aliphatic rings. The number of unbranched alkanes of at least 4 members (excludes halogenated alkanes) is 1. The zero-order chi connectivity index (χ0) is 21.1. The topological polar surface area (TPSA) is 61.3 Å². The van der Waals surface area contributed by atoms with Crippen molar-refractivity contribution in [1.82, 2.24) is 14.5 Å². The van der Waals surface area contributed by atoms with Crippen molar-refractivity contribution in [3.8, 4) is 0 Å². The molecule has 1 saturated heterocycles. The van der Waals surface area contributed by atoms with Crippen molar-refractivity contribution in [3.05, 3.63) is 73.3 Å². The fourth-order valence-corrected chi connectivity index (χ4v) is 4.37. The number of nitrogens with zero attached hydrogens (tertiary/aromatic N) is 3. The first-order chi connectivity index (χ1) is 14.5. The summed E-state index contributed by atoms with van der Waals surface area (Å²) in [6, 6.07) is 12.8. The molecule has 0 unspecified atom stereocenters. The number of rotatable bonds is 6. The van der Waals surface area contributed by atoms with E-state index < -0.39 is 0 Å². The van der Waals surface area contributed by atoms with Crippen molar-refractivity contribution in [2.75, 3.05) is 37.6 Å². The highest BCUT2D eigenvalue weighted by Gasteiger charge is 2.19. The van der Waals surface area contributed by atoms with Gasteiger partial charge in [-0.1, -0.05) is 41.4 Å². The maximum atomic E-state index is 12.6. The average molecular weight is 484 g/mol. The van der Waals surface area contributed by atoms with Gasteiger partial charge in [-0.15, -0.1) is 12.4 Å². The molecule has 0 radical (unpaired) electrons. The minimum atomic E-state index is -0.342. The number of nitrogens with one attached hydrogen (secondary N) is 1. The molecule has 31 heavy (non-hydrogen) atoms. The number of aromatic nitrogens is 2. The van der Waals surface area contributed by atoms with Gasteiger partial charge in [-0.05, 0) is 43.7 Å². The highest BCUT2D eigenvalue weighted by molar-refractivity contribution is 6.43. The number of para-hydroxylation sites is 1. The summed E-state index contributed by atoms with van der Waals surface area (Å²) in [6.45, 7) is 5.04. The van der Waals surface area contributed by atoms with Crippen molar-refractivity contribution in [2.24, 2.45) is 0 Å². The van der Waals surface area contributed by atoms with Crippen LogP contribution in [0.15, 0.2) is 52.1 Å². The van der Waals surface area contributed by atoms with Crippen LogP contribution in [0.2, 0.25) is 10.0 Å². The largest absolute Gasteiger partial charge is 0.368 e. The van der Waals surface area contributed by atoms with Gasteiger partial charge in [-0.25, -0.2) is 4.79 Å². The molecule has 3 aromatic rings. The lowest BCUT2D eigenvalue weighted by atomic mass is 10.2. The molecular formula is C22H25Cl3N4O2. The van der Waals surface area contributed by atoms with Crippen molar-refractivity contribution in [3.63, 3.8) is 0 Å². The summed E-state index contributed by atoms with van der Waals surface area (Å²) in [5, 5.41) is 1.74. The number of anilines is 1. The summed E-state index contributed by atoms with van der Waals surface area (Å²) in [6.07, 6.45) is 1.71. The highest BCUT2D eigenvalue weighted by atomic mass is 35.5. The van der Waals surface area contributed by atoms with Crippen molar-refractivity contribution in [1.29, 1.82) is 0 Å². The van der Waals surface area contributed by atoms with Gasteiger partial charge in [0.1, 0.15) is 0 Å². The summed E-state index contributed by atoms with van der Waals surface area (Å²) in [5.74, 6) is 0. The molecule has 4 rings (SSSR count). The Morgan fingerprint density at radius 1 is 0.871 bits per heavy atom. The highest BCUT2D eigenvalue weighted by Crippen LogP contribution is 2.32. The SMILES string of the molecule is Cl.O=c1[nH]c2ccccc2c(=O)n1CCCCN1CCN(c2cccc(Cl)c2Cl)CC1. The molecule has 1 aromatic heterocycles. The van der Waals surface area contributed by atoms with E-state index in [2.05, 4.69) is 14.8 Å². The molecule has 166 valence electrons. The summed E-state index contributed by atoms with van der Waals surface area (Å²) >= 11 is 12.5. The van der Waals surface area contributed by atoms with Gasteiger partial charge in [0, 0.05) is 32.7 Å². The van der Waals surface area contributed by atoms with E-state index in [0.29, 0.717) is 27.5 Å². The van der Waals surface area contributed by atoms with E-state index in [0.717, 1.165) is 51.3 Å². The zero-order valence-electron chi connectivity index (χ0n) is 17.0. The van der Waals surface area contributed by atoms with E-state index in [1.54, 1.807) is 18.2 Å². The van der Waals surface area contributed by atoms with Crippen LogP contribution in [0.25, 0.3) is 10.9 Å². The Labute approximate surface area is 196 Å². The van der Waals surface area contributed by atoms with Gasteiger partial charge in [0.2, 0.25) is 0 Å². The molecule has 2 aromatic carbocycles. The van der Waals surface area contributed by atoms with Gasteiger partial charge >= 0.3 is 5.69 Å². The lowest BCUT2D eigenvalue weighted by Gasteiger charge is -2.36. The minimum absolute atomic E-state index is 0. The average Bonchev–Trinajstić information content (AvgIpc) is 2.75. The normalized spacial score (nSPS) is 14.6. The smallest absolute Gasteiger partial charge is 0.328 e. The van der Waals surface area contributed by atoms with E-state index in [1.807, 2.05) is 24.3 Å². The van der Waals surface area contributed by atoms with Crippen LogP contribution in [-0.2, 0) is 6.54 Å². The first kappa shape index (κ1) is 23.7. The Bertz CT molecular complexity index is 1150. The number of hydrogen-bond donors (Lipinski definition) is 1. The Morgan fingerprint density at radius 2 is 1.58 bits per heavy atom. The number of aromatic amines is 1. The standard InChI is InChI=1S/C22H24Cl2N4O2.ClH/c23-17-7-5-9-19(20(17)24)27-14-12-26(13-15-27)10-3-4-11-28-21(29)16-6-1-2-8-18(16)25-22(28)30;/h1-2,5-9H,3-4,10-15H2,(H,25,30);1H. The van der Waals surface area contributed by atoms with Gasteiger partial charge in [0.25, 0.3) is 5.56 Å². The number of H-pyrrole nitrogens is 1. The molecule has 0 amide bonds. The molecule has 0 spiro atoms. The summed E-state index contributed by atoms with van der Waals surface area (Å²) < 4.78 is 1.31. The van der Waals surface area contributed by atoms with Gasteiger partial charge in [-0.3, -0.25) is 14.3 Å². The quantitative estimate of drug-likeness (QED) is 0.538. The number of benzene rings is 2. The molecule has 6 nitrogen and oxygen atoms in total. The Balaban J connectivity index is 0.00000272.